The number of oxime groups is 1. The van der Waals surface area contributed by atoms with Gasteiger partial charge in [0.05, 0.1) is 12.3 Å². The summed E-state index contributed by atoms with van der Waals surface area (Å²) in [5.74, 6) is 0. The number of amides is 2. The van der Waals surface area contributed by atoms with Crippen molar-refractivity contribution in [2.75, 3.05) is 30.9 Å². The van der Waals surface area contributed by atoms with Crippen LogP contribution in [0.3, 0.4) is 0 Å². The molecular formula is C27H30N4O2. The van der Waals surface area contributed by atoms with E-state index in [1.165, 1.54) is 0 Å². The summed E-state index contributed by atoms with van der Waals surface area (Å²) in [4.78, 5) is 22.8. The summed E-state index contributed by atoms with van der Waals surface area (Å²) in [6, 6.07) is 25.9. The number of carbonyl (C=O) groups excluding carboxylic acids is 1. The van der Waals surface area contributed by atoms with Gasteiger partial charge in [-0.1, -0.05) is 59.8 Å². The molecule has 0 spiro atoms. The van der Waals surface area contributed by atoms with Crippen LogP contribution in [0, 0.1) is 6.92 Å². The summed E-state index contributed by atoms with van der Waals surface area (Å²) in [6.45, 7) is 2.94. The van der Waals surface area contributed by atoms with Crippen molar-refractivity contribution in [3.63, 3.8) is 0 Å². The van der Waals surface area contributed by atoms with Gasteiger partial charge >= 0.3 is 6.03 Å². The molecule has 1 aliphatic heterocycles. The van der Waals surface area contributed by atoms with E-state index >= 15 is 0 Å². The molecule has 0 aliphatic carbocycles. The van der Waals surface area contributed by atoms with E-state index < -0.39 is 0 Å². The number of hydrogen-bond acceptors (Lipinski definition) is 4. The maximum absolute atomic E-state index is 13.2. The Morgan fingerprint density at radius 1 is 1.03 bits per heavy atom. The van der Waals surface area contributed by atoms with Gasteiger partial charge in [-0.25, -0.2) is 4.79 Å². The molecule has 0 bridgehead atoms. The Bertz CT molecular complexity index is 1110. The number of rotatable bonds is 7. The van der Waals surface area contributed by atoms with E-state index in [-0.39, 0.29) is 12.1 Å². The molecule has 3 aromatic carbocycles. The topological polar surface area (TPSA) is 57.2 Å². The highest BCUT2D eigenvalue weighted by Gasteiger charge is 2.27. The molecule has 0 fully saturated rings. The first-order chi connectivity index (χ1) is 16.0. The molecule has 170 valence electrons. The Kier molecular flexibility index (Phi) is 6.93. The SMILES string of the molecule is Cc1cccc(NC(=O)N(Cc2ccccc2)CC2CC(c3ccc(N(C)C)cc3)=NO2)c1. The molecule has 6 heteroatoms. The third kappa shape index (κ3) is 5.92. The molecule has 0 aromatic heterocycles. The first kappa shape index (κ1) is 22.4. The minimum absolute atomic E-state index is 0.156. The van der Waals surface area contributed by atoms with E-state index in [2.05, 4.69) is 39.6 Å². The summed E-state index contributed by atoms with van der Waals surface area (Å²) < 4.78 is 0. The van der Waals surface area contributed by atoms with Crippen molar-refractivity contribution in [2.45, 2.75) is 26.0 Å². The molecule has 6 nitrogen and oxygen atoms in total. The number of hydrogen-bond donors (Lipinski definition) is 1. The molecule has 3 aromatic rings. The van der Waals surface area contributed by atoms with Gasteiger partial charge in [-0.2, -0.15) is 0 Å². The standard InChI is InChI=1S/C27H30N4O2/c1-20-8-7-11-23(16-20)28-27(32)31(18-21-9-5-4-6-10-21)19-25-17-26(29-33-25)22-12-14-24(15-13-22)30(2)3/h4-16,25H,17-19H2,1-3H3,(H,28,32). The zero-order chi connectivity index (χ0) is 23.2. The molecule has 0 saturated heterocycles. The number of urea groups is 1. The van der Waals surface area contributed by atoms with Crippen molar-refractivity contribution in [1.82, 2.24) is 4.90 Å². The third-order valence-corrected chi connectivity index (χ3v) is 5.65. The summed E-state index contributed by atoms with van der Waals surface area (Å²) in [7, 11) is 4.04. The molecule has 1 heterocycles. The minimum Gasteiger partial charge on any atom is -0.390 e. The first-order valence-corrected chi connectivity index (χ1v) is 11.1. The van der Waals surface area contributed by atoms with Gasteiger partial charge < -0.3 is 20.0 Å². The molecule has 4 rings (SSSR count). The fourth-order valence-corrected chi connectivity index (χ4v) is 3.84. The smallest absolute Gasteiger partial charge is 0.322 e. The van der Waals surface area contributed by atoms with Crippen LogP contribution in [0.5, 0.6) is 0 Å². The van der Waals surface area contributed by atoms with Gasteiger partial charge in [-0.15, -0.1) is 0 Å². The number of benzene rings is 3. The van der Waals surface area contributed by atoms with Crippen LogP contribution in [-0.4, -0.2) is 43.4 Å². The van der Waals surface area contributed by atoms with Crippen LogP contribution in [0.25, 0.3) is 0 Å². The lowest BCUT2D eigenvalue weighted by molar-refractivity contribution is 0.0608. The second kappa shape index (κ2) is 10.2. The Labute approximate surface area is 195 Å². The van der Waals surface area contributed by atoms with Crippen molar-refractivity contribution in [3.05, 3.63) is 95.6 Å². The van der Waals surface area contributed by atoms with Gasteiger partial charge in [-0.3, -0.25) is 0 Å². The summed E-state index contributed by atoms with van der Waals surface area (Å²) in [5, 5.41) is 7.35. The normalized spacial score (nSPS) is 14.9. The van der Waals surface area contributed by atoms with Gasteiger partial charge in [0.2, 0.25) is 0 Å². The van der Waals surface area contributed by atoms with Crippen LogP contribution in [0.2, 0.25) is 0 Å². The number of carbonyl (C=O) groups is 1. The summed E-state index contributed by atoms with van der Waals surface area (Å²) in [6.07, 6.45) is 0.463. The van der Waals surface area contributed by atoms with Crippen LogP contribution >= 0.6 is 0 Å². The average molecular weight is 443 g/mol. The first-order valence-electron chi connectivity index (χ1n) is 11.1. The second-order valence-electron chi connectivity index (χ2n) is 8.58. The Morgan fingerprint density at radius 3 is 2.48 bits per heavy atom. The number of aryl methyl sites for hydroxylation is 1. The predicted octanol–water partition coefficient (Wildman–Crippen LogP) is 5.29. The van der Waals surface area contributed by atoms with Crippen molar-refractivity contribution in [1.29, 1.82) is 0 Å². The molecule has 33 heavy (non-hydrogen) atoms. The zero-order valence-electron chi connectivity index (χ0n) is 19.4. The van der Waals surface area contributed by atoms with Gasteiger partial charge in [0.15, 0.2) is 6.10 Å². The molecule has 2 amide bonds. The number of nitrogens with one attached hydrogen (secondary N) is 1. The zero-order valence-corrected chi connectivity index (χ0v) is 19.4. The summed E-state index contributed by atoms with van der Waals surface area (Å²) in [5.41, 5.74) is 6.03. The van der Waals surface area contributed by atoms with Gasteiger partial charge in [0.25, 0.3) is 0 Å². The van der Waals surface area contributed by atoms with E-state index in [1.54, 1.807) is 4.90 Å². The highest BCUT2D eigenvalue weighted by Crippen LogP contribution is 2.21. The number of anilines is 2. The lowest BCUT2D eigenvalue weighted by Crippen LogP contribution is -2.40. The van der Waals surface area contributed by atoms with E-state index in [9.17, 15) is 4.79 Å². The maximum Gasteiger partial charge on any atom is 0.322 e. The van der Waals surface area contributed by atoms with Crippen LogP contribution < -0.4 is 10.2 Å². The number of nitrogens with zero attached hydrogens (tertiary/aromatic N) is 3. The fourth-order valence-electron chi connectivity index (χ4n) is 3.84. The van der Waals surface area contributed by atoms with Gasteiger partial charge in [-0.05, 0) is 47.9 Å². The van der Waals surface area contributed by atoms with Crippen molar-refractivity contribution in [3.8, 4) is 0 Å². The second-order valence-corrected chi connectivity index (χ2v) is 8.58. The van der Waals surface area contributed by atoms with E-state index in [1.807, 2.05) is 75.6 Å². The molecule has 0 radical (unpaired) electrons. The van der Waals surface area contributed by atoms with Crippen molar-refractivity contribution in [2.24, 2.45) is 5.16 Å². The largest absolute Gasteiger partial charge is 0.390 e. The average Bonchev–Trinajstić information content (AvgIpc) is 3.28. The molecule has 0 saturated carbocycles. The molecule has 1 aliphatic rings. The predicted molar refractivity (Wildman–Crippen MR) is 134 cm³/mol. The van der Waals surface area contributed by atoms with Crippen LogP contribution in [0.15, 0.2) is 84.0 Å². The van der Waals surface area contributed by atoms with Crippen LogP contribution in [0.4, 0.5) is 16.2 Å². The minimum atomic E-state index is -0.194. The molecule has 1 N–H and O–H groups in total. The quantitative estimate of drug-likeness (QED) is 0.541. The maximum atomic E-state index is 13.2. The van der Waals surface area contributed by atoms with Crippen molar-refractivity contribution < 1.29 is 9.63 Å². The van der Waals surface area contributed by atoms with E-state index in [4.69, 9.17) is 4.84 Å². The Balaban J connectivity index is 1.44. The monoisotopic (exact) mass is 442 g/mol. The molecule has 1 atom stereocenters. The van der Waals surface area contributed by atoms with Gasteiger partial charge in [0.1, 0.15) is 0 Å². The Hall–Kier alpha value is -3.80. The lowest BCUT2D eigenvalue weighted by Gasteiger charge is -2.25. The third-order valence-electron chi connectivity index (χ3n) is 5.65. The highest BCUT2D eigenvalue weighted by molar-refractivity contribution is 6.01. The summed E-state index contributed by atoms with van der Waals surface area (Å²) >= 11 is 0. The Morgan fingerprint density at radius 2 is 1.79 bits per heavy atom. The van der Waals surface area contributed by atoms with E-state index in [0.717, 1.165) is 33.8 Å². The fraction of sp³-hybridized carbons (Fsp3) is 0.259. The van der Waals surface area contributed by atoms with Crippen molar-refractivity contribution >= 4 is 23.1 Å². The van der Waals surface area contributed by atoms with E-state index in [0.29, 0.717) is 19.5 Å². The van der Waals surface area contributed by atoms with Crippen LogP contribution in [0.1, 0.15) is 23.1 Å². The van der Waals surface area contributed by atoms with Crippen LogP contribution in [-0.2, 0) is 11.4 Å². The lowest BCUT2D eigenvalue weighted by atomic mass is 10.0. The highest BCUT2D eigenvalue weighted by atomic mass is 16.6. The molecular weight excluding hydrogens is 412 g/mol. The molecule has 1 unspecified atom stereocenters. The van der Waals surface area contributed by atoms with Gasteiger partial charge in [0, 0.05) is 38.4 Å².